The molecule has 2 atom stereocenters. The van der Waals surface area contributed by atoms with Crippen LogP contribution in [0.2, 0.25) is 0 Å². The van der Waals surface area contributed by atoms with Gasteiger partial charge in [0.15, 0.2) is 0 Å². The Hall–Kier alpha value is -1.40. The van der Waals surface area contributed by atoms with E-state index in [0.717, 1.165) is 69.6 Å². The summed E-state index contributed by atoms with van der Waals surface area (Å²) in [5.74, 6) is 2.52. The number of hydrogen-bond acceptors (Lipinski definition) is 6. The molecule has 1 N–H and O–H groups in total. The first kappa shape index (κ1) is 17.0. The van der Waals surface area contributed by atoms with E-state index in [9.17, 15) is 5.11 Å². The third-order valence-electron chi connectivity index (χ3n) is 6.34. The Balaban J connectivity index is 1.59. The average molecular weight is 346 g/mol. The van der Waals surface area contributed by atoms with Crippen molar-refractivity contribution in [3.05, 3.63) is 11.8 Å². The predicted octanol–water partition coefficient (Wildman–Crippen LogP) is 1.86. The first-order valence-corrected chi connectivity index (χ1v) is 9.78. The number of β-amino-alcohol motifs (C(OH)–C–C–N with tert-alkyl or cyclic N) is 1. The minimum Gasteiger partial charge on any atom is -0.387 e. The number of hydrogen-bond donors (Lipinski definition) is 1. The van der Waals surface area contributed by atoms with Gasteiger partial charge in [0.05, 0.1) is 18.8 Å². The summed E-state index contributed by atoms with van der Waals surface area (Å²) in [6.07, 6.45) is 4.48. The van der Waals surface area contributed by atoms with Gasteiger partial charge in [0.2, 0.25) is 5.95 Å². The molecule has 2 saturated heterocycles. The number of aliphatic hydroxyl groups is 1. The standard InChI is InChI=1S/C19H30N4O2/c1-3-16-11-17(21-18(20-16)22-7-9-25-10-8-22)23-12-14(2)19(24,13-23)15-5-4-6-15/h11,14-15,24H,3-10,12-13H2,1-2H3/t14-,19+/m1/s1. The molecule has 0 spiro atoms. The molecule has 4 rings (SSSR count). The topological polar surface area (TPSA) is 61.7 Å². The summed E-state index contributed by atoms with van der Waals surface area (Å²) in [5.41, 5.74) is 0.507. The lowest BCUT2D eigenvalue weighted by atomic mass is 9.69. The second-order valence-electron chi connectivity index (χ2n) is 7.87. The van der Waals surface area contributed by atoms with Gasteiger partial charge in [-0.2, -0.15) is 4.98 Å². The van der Waals surface area contributed by atoms with Crippen molar-refractivity contribution in [2.75, 3.05) is 49.2 Å². The first-order valence-electron chi connectivity index (χ1n) is 9.78. The maximum atomic E-state index is 11.2. The van der Waals surface area contributed by atoms with Gasteiger partial charge >= 0.3 is 0 Å². The number of morpholine rings is 1. The zero-order valence-corrected chi connectivity index (χ0v) is 15.4. The van der Waals surface area contributed by atoms with Gasteiger partial charge in [0.25, 0.3) is 0 Å². The SMILES string of the molecule is CCc1cc(N2C[C@@H](C)[C@](O)(C3CCC3)C2)nc(N2CCOCC2)n1. The molecule has 138 valence electrons. The second-order valence-corrected chi connectivity index (χ2v) is 7.87. The highest BCUT2D eigenvalue weighted by Crippen LogP contribution is 2.45. The zero-order valence-electron chi connectivity index (χ0n) is 15.4. The van der Waals surface area contributed by atoms with Crippen LogP contribution in [0.3, 0.4) is 0 Å². The molecule has 0 amide bonds. The van der Waals surface area contributed by atoms with Gasteiger partial charge in [-0.3, -0.25) is 0 Å². The van der Waals surface area contributed by atoms with Crippen LogP contribution < -0.4 is 9.80 Å². The van der Waals surface area contributed by atoms with Crippen LogP contribution in [0.5, 0.6) is 0 Å². The van der Waals surface area contributed by atoms with Crippen LogP contribution in [0, 0.1) is 11.8 Å². The van der Waals surface area contributed by atoms with Gasteiger partial charge in [-0.1, -0.05) is 20.3 Å². The third kappa shape index (κ3) is 3.10. The molecule has 1 aliphatic carbocycles. The molecule has 1 aromatic heterocycles. The fourth-order valence-corrected chi connectivity index (χ4v) is 4.35. The van der Waals surface area contributed by atoms with Crippen molar-refractivity contribution in [2.45, 2.75) is 45.1 Å². The van der Waals surface area contributed by atoms with Gasteiger partial charge in [0, 0.05) is 43.9 Å². The Bertz CT molecular complexity index is 615. The number of anilines is 2. The number of nitrogens with zero attached hydrogens (tertiary/aromatic N) is 4. The summed E-state index contributed by atoms with van der Waals surface area (Å²) in [5, 5.41) is 11.2. The van der Waals surface area contributed by atoms with E-state index in [1.165, 1.54) is 6.42 Å². The number of aryl methyl sites for hydroxylation is 1. The molecule has 1 saturated carbocycles. The molecule has 1 aromatic rings. The lowest BCUT2D eigenvalue weighted by Gasteiger charge is -2.41. The van der Waals surface area contributed by atoms with Crippen LogP contribution in [-0.4, -0.2) is 60.1 Å². The molecule has 0 bridgehead atoms. The Morgan fingerprint density at radius 1 is 1.24 bits per heavy atom. The Morgan fingerprint density at radius 3 is 2.64 bits per heavy atom. The van der Waals surface area contributed by atoms with E-state index in [1.807, 2.05) is 0 Å². The highest BCUT2D eigenvalue weighted by Gasteiger charge is 2.50. The van der Waals surface area contributed by atoms with Crippen LogP contribution in [0.1, 0.15) is 38.8 Å². The number of rotatable bonds is 4. The maximum absolute atomic E-state index is 11.2. The molecule has 6 heteroatoms. The van der Waals surface area contributed by atoms with Crippen LogP contribution in [0.25, 0.3) is 0 Å². The van der Waals surface area contributed by atoms with Gasteiger partial charge in [-0.15, -0.1) is 0 Å². The fourth-order valence-electron chi connectivity index (χ4n) is 4.35. The van der Waals surface area contributed by atoms with E-state index < -0.39 is 5.60 Å². The fraction of sp³-hybridized carbons (Fsp3) is 0.789. The van der Waals surface area contributed by atoms with Crippen molar-refractivity contribution >= 4 is 11.8 Å². The van der Waals surface area contributed by atoms with Crippen molar-refractivity contribution < 1.29 is 9.84 Å². The van der Waals surface area contributed by atoms with Crippen LogP contribution in [0.4, 0.5) is 11.8 Å². The van der Waals surface area contributed by atoms with Crippen LogP contribution in [0.15, 0.2) is 6.07 Å². The monoisotopic (exact) mass is 346 g/mol. The van der Waals surface area contributed by atoms with Gasteiger partial charge in [0.1, 0.15) is 5.82 Å². The largest absolute Gasteiger partial charge is 0.387 e. The minimum absolute atomic E-state index is 0.282. The Labute approximate surface area is 150 Å². The van der Waals surface area contributed by atoms with Gasteiger partial charge in [-0.05, 0) is 25.2 Å². The van der Waals surface area contributed by atoms with Crippen molar-refractivity contribution in [3.8, 4) is 0 Å². The second kappa shape index (κ2) is 6.72. The third-order valence-corrected chi connectivity index (χ3v) is 6.34. The van der Waals surface area contributed by atoms with E-state index in [0.29, 0.717) is 12.5 Å². The van der Waals surface area contributed by atoms with Gasteiger partial charge in [-0.25, -0.2) is 4.98 Å². The summed E-state index contributed by atoms with van der Waals surface area (Å²) in [7, 11) is 0. The zero-order chi connectivity index (χ0) is 17.4. The molecule has 0 unspecified atom stereocenters. The summed E-state index contributed by atoms with van der Waals surface area (Å²) >= 11 is 0. The van der Waals surface area contributed by atoms with Crippen LogP contribution >= 0.6 is 0 Å². The predicted molar refractivity (Wildman–Crippen MR) is 98.1 cm³/mol. The molecule has 6 nitrogen and oxygen atoms in total. The van der Waals surface area contributed by atoms with Crippen molar-refractivity contribution in [2.24, 2.45) is 11.8 Å². The molecule has 0 radical (unpaired) electrons. The molecular formula is C19H30N4O2. The van der Waals surface area contributed by atoms with Crippen molar-refractivity contribution in [1.82, 2.24) is 9.97 Å². The normalized spacial score (nSPS) is 30.6. The first-order chi connectivity index (χ1) is 12.1. The smallest absolute Gasteiger partial charge is 0.227 e. The highest BCUT2D eigenvalue weighted by atomic mass is 16.5. The Kier molecular flexibility index (Phi) is 4.58. The number of aromatic nitrogens is 2. The molecule has 2 aliphatic heterocycles. The molecule has 3 heterocycles. The average Bonchev–Trinajstić information content (AvgIpc) is 2.89. The molecule has 25 heavy (non-hydrogen) atoms. The van der Waals surface area contributed by atoms with Gasteiger partial charge < -0.3 is 19.6 Å². The molecule has 3 fully saturated rings. The van der Waals surface area contributed by atoms with Crippen LogP contribution in [-0.2, 0) is 11.2 Å². The van der Waals surface area contributed by atoms with E-state index in [2.05, 4.69) is 29.7 Å². The summed E-state index contributed by atoms with van der Waals surface area (Å²) in [4.78, 5) is 14.1. The summed E-state index contributed by atoms with van der Waals surface area (Å²) in [6.45, 7) is 9.03. The minimum atomic E-state index is -0.561. The lowest BCUT2D eigenvalue weighted by Crippen LogP contribution is -2.47. The molecule has 3 aliphatic rings. The molecule has 0 aromatic carbocycles. The molecular weight excluding hydrogens is 316 g/mol. The summed E-state index contributed by atoms with van der Waals surface area (Å²) in [6, 6.07) is 2.10. The van der Waals surface area contributed by atoms with Crippen molar-refractivity contribution in [3.63, 3.8) is 0 Å². The van der Waals surface area contributed by atoms with E-state index >= 15 is 0 Å². The van der Waals surface area contributed by atoms with E-state index in [4.69, 9.17) is 14.7 Å². The van der Waals surface area contributed by atoms with E-state index in [1.54, 1.807) is 0 Å². The Morgan fingerprint density at radius 2 is 2.00 bits per heavy atom. The lowest BCUT2D eigenvalue weighted by molar-refractivity contribution is -0.0615. The number of ether oxygens (including phenoxy) is 1. The van der Waals surface area contributed by atoms with E-state index in [-0.39, 0.29) is 5.92 Å². The maximum Gasteiger partial charge on any atom is 0.227 e. The summed E-state index contributed by atoms with van der Waals surface area (Å²) < 4.78 is 5.45. The highest BCUT2D eigenvalue weighted by molar-refractivity contribution is 5.48. The van der Waals surface area contributed by atoms with Crippen molar-refractivity contribution in [1.29, 1.82) is 0 Å². The quantitative estimate of drug-likeness (QED) is 0.898.